The van der Waals surface area contributed by atoms with Crippen LogP contribution in [-0.2, 0) is 16.6 Å². The summed E-state index contributed by atoms with van der Waals surface area (Å²) in [6.07, 6.45) is 1.89. The summed E-state index contributed by atoms with van der Waals surface area (Å²) in [6, 6.07) is 6.97. The minimum atomic E-state index is -3.58. The monoisotopic (exact) mass is 380 g/mol. The van der Waals surface area contributed by atoms with Crippen molar-refractivity contribution in [3.8, 4) is 0 Å². The van der Waals surface area contributed by atoms with Crippen molar-refractivity contribution in [3.63, 3.8) is 0 Å². The average molecular weight is 380 g/mol. The standard InChI is InChI=1S/C19H25FN2O3S/c1-14-11-17(15(2)25-14)13-22-9-7-16(8-10-22)12-21-26(23,24)19-5-3-18(20)4-6-19/h3-6,11,16,21H,7-10,12-13H2,1-2H3. The summed E-state index contributed by atoms with van der Waals surface area (Å²) in [5, 5.41) is 0. The van der Waals surface area contributed by atoms with Gasteiger partial charge in [-0.25, -0.2) is 17.5 Å². The number of nitrogens with one attached hydrogen (secondary N) is 1. The first-order valence-corrected chi connectivity index (χ1v) is 10.4. The predicted molar refractivity (Wildman–Crippen MR) is 97.8 cm³/mol. The van der Waals surface area contributed by atoms with E-state index in [4.69, 9.17) is 4.42 Å². The summed E-state index contributed by atoms with van der Waals surface area (Å²) < 4.78 is 45.7. The van der Waals surface area contributed by atoms with E-state index in [9.17, 15) is 12.8 Å². The first kappa shape index (κ1) is 19.1. The number of likely N-dealkylation sites (tertiary alicyclic amines) is 1. The number of sulfonamides is 1. The Bertz CT molecular complexity index is 838. The third kappa shape index (κ3) is 4.72. The van der Waals surface area contributed by atoms with Gasteiger partial charge >= 0.3 is 0 Å². The highest BCUT2D eigenvalue weighted by Crippen LogP contribution is 2.22. The minimum Gasteiger partial charge on any atom is -0.466 e. The minimum absolute atomic E-state index is 0.0992. The molecule has 1 N–H and O–H groups in total. The highest BCUT2D eigenvalue weighted by Gasteiger charge is 2.22. The first-order valence-electron chi connectivity index (χ1n) is 8.87. The zero-order valence-corrected chi connectivity index (χ0v) is 16.0. The molecule has 1 aliphatic rings. The predicted octanol–water partition coefficient (Wildman–Crippen LogP) is 3.23. The topological polar surface area (TPSA) is 62.6 Å². The number of benzene rings is 1. The van der Waals surface area contributed by atoms with Crippen LogP contribution in [0.15, 0.2) is 39.6 Å². The van der Waals surface area contributed by atoms with Gasteiger partial charge in [-0.1, -0.05) is 0 Å². The molecule has 0 spiro atoms. The van der Waals surface area contributed by atoms with E-state index in [2.05, 4.69) is 15.7 Å². The normalized spacial score (nSPS) is 16.9. The molecule has 0 atom stereocenters. The number of nitrogens with zero attached hydrogens (tertiary/aromatic N) is 1. The quantitative estimate of drug-likeness (QED) is 0.836. The molecule has 1 aromatic carbocycles. The van der Waals surface area contributed by atoms with Crippen molar-refractivity contribution >= 4 is 10.0 Å². The van der Waals surface area contributed by atoms with Gasteiger partial charge < -0.3 is 4.42 Å². The fourth-order valence-corrected chi connectivity index (χ4v) is 4.47. The second kappa shape index (κ2) is 7.90. The molecular formula is C19H25FN2O3S. The maximum atomic E-state index is 12.9. The number of aryl methyl sites for hydroxylation is 2. The molecular weight excluding hydrogens is 355 g/mol. The van der Waals surface area contributed by atoms with Gasteiger partial charge in [-0.15, -0.1) is 0 Å². The molecule has 2 heterocycles. The van der Waals surface area contributed by atoms with Gasteiger partial charge in [-0.05, 0) is 76.0 Å². The first-order chi connectivity index (χ1) is 12.3. The number of furan rings is 1. The van der Waals surface area contributed by atoms with Crippen LogP contribution in [0.4, 0.5) is 4.39 Å². The van der Waals surface area contributed by atoms with Crippen LogP contribution in [0.3, 0.4) is 0 Å². The van der Waals surface area contributed by atoms with Crippen LogP contribution in [0.1, 0.15) is 29.9 Å². The van der Waals surface area contributed by atoms with Crippen molar-refractivity contribution < 1.29 is 17.2 Å². The lowest BCUT2D eigenvalue weighted by atomic mass is 9.97. The Morgan fingerprint density at radius 2 is 1.85 bits per heavy atom. The number of halogens is 1. The molecule has 142 valence electrons. The fourth-order valence-electron chi connectivity index (χ4n) is 3.35. The molecule has 3 rings (SSSR count). The molecule has 0 aliphatic carbocycles. The third-order valence-electron chi connectivity index (χ3n) is 4.93. The largest absolute Gasteiger partial charge is 0.466 e. The van der Waals surface area contributed by atoms with Crippen LogP contribution in [0.2, 0.25) is 0 Å². The summed E-state index contributed by atoms with van der Waals surface area (Å²) in [7, 11) is -3.58. The van der Waals surface area contributed by atoms with Crippen molar-refractivity contribution in [2.75, 3.05) is 19.6 Å². The van der Waals surface area contributed by atoms with Crippen LogP contribution in [-0.4, -0.2) is 33.0 Å². The van der Waals surface area contributed by atoms with Crippen LogP contribution in [0.25, 0.3) is 0 Å². The summed E-state index contributed by atoms with van der Waals surface area (Å²) in [6.45, 7) is 7.10. The zero-order valence-electron chi connectivity index (χ0n) is 15.2. The molecule has 26 heavy (non-hydrogen) atoms. The van der Waals surface area contributed by atoms with E-state index >= 15 is 0 Å². The zero-order chi connectivity index (χ0) is 18.7. The molecule has 1 fully saturated rings. The van der Waals surface area contributed by atoms with Crippen LogP contribution >= 0.6 is 0 Å². The van der Waals surface area contributed by atoms with Crippen molar-refractivity contribution in [3.05, 3.63) is 53.2 Å². The molecule has 0 unspecified atom stereocenters. The van der Waals surface area contributed by atoms with E-state index < -0.39 is 15.8 Å². The lowest BCUT2D eigenvalue weighted by Gasteiger charge is -2.31. The Hall–Kier alpha value is -1.70. The molecule has 5 nitrogen and oxygen atoms in total. The summed E-state index contributed by atoms with van der Waals surface area (Å²) in [5.41, 5.74) is 1.22. The van der Waals surface area contributed by atoms with Gasteiger partial charge in [0.25, 0.3) is 0 Å². The van der Waals surface area contributed by atoms with Gasteiger partial charge in [0.15, 0.2) is 0 Å². The van der Waals surface area contributed by atoms with Crippen LogP contribution in [0, 0.1) is 25.6 Å². The number of hydrogen-bond acceptors (Lipinski definition) is 4. The number of hydrogen-bond donors (Lipinski definition) is 1. The molecule has 0 amide bonds. The van der Waals surface area contributed by atoms with E-state index in [0.717, 1.165) is 56.1 Å². The number of rotatable bonds is 6. The van der Waals surface area contributed by atoms with E-state index in [1.165, 1.54) is 17.7 Å². The van der Waals surface area contributed by atoms with Crippen molar-refractivity contribution in [2.24, 2.45) is 5.92 Å². The van der Waals surface area contributed by atoms with Crippen molar-refractivity contribution in [1.29, 1.82) is 0 Å². The molecule has 7 heteroatoms. The lowest BCUT2D eigenvalue weighted by molar-refractivity contribution is 0.178. The molecule has 2 aromatic rings. The maximum Gasteiger partial charge on any atom is 0.240 e. The Morgan fingerprint density at radius 1 is 1.19 bits per heavy atom. The van der Waals surface area contributed by atoms with Crippen LogP contribution in [0.5, 0.6) is 0 Å². The Kier molecular flexibility index (Phi) is 5.79. The average Bonchev–Trinajstić information content (AvgIpc) is 2.92. The van der Waals surface area contributed by atoms with Gasteiger partial charge in [0, 0.05) is 18.7 Å². The van der Waals surface area contributed by atoms with Gasteiger partial charge in [0.05, 0.1) is 4.90 Å². The Balaban J connectivity index is 1.48. The highest BCUT2D eigenvalue weighted by atomic mass is 32.2. The Morgan fingerprint density at radius 3 is 2.42 bits per heavy atom. The molecule has 1 aromatic heterocycles. The fraction of sp³-hybridized carbons (Fsp3) is 0.474. The summed E-state index contributed by atoms with van der Waals surface area (Å²) in [4.78, 5) is 2.48. The SMILES string of the molecule is Cc1cc(CN2CCC(CNS(=O)(=O)c3ccc(F)cc3)CC2)c(C)o1. The van der Waals surface area contributed by atoms with E-state index in [1.54, 1.807) is 0 Å². The smallest absolute Gasteiger partial charge is 0.240 e. The molecule has 0 bridgehead atoms. The van der Waals surface area contributed by atoms with Gasteiger partial charge in [-0.2, -0.15) is 0 Å². The van der Waals surface area contributed by atoms with Gasteiger partial charge in [0.2, 0.25) is 10.0 Å². The number of piperidine rings is 1. The second-order valence-electron chi connectivity index (χ2n) is 6.96. The molecule has 1 saturated heterocycles. The van der Waals surface area contributed by atoms with Crippen molar-refractivity contribution in [1.82, 2.24) is 9.62 Å². The van der Waals surface area contributed by atoms with E-state index in [1.807, 2.05) is 13.8 Å². The van der Waals surface area contributed by atoms with Crippen molar-refractivity contribution in [2.45, 2.75) is 38.1 Å². The maximum absolute atomic E-state index is 12.9. The van der Waals surface area contributed by atoms with Gasteiger partial charge in [0.1, 0.15) is 17.3 Å². The Labute approximate surface area is 154 Å². The van der Waals surface area contributed by atoms with Crippen LogP contribution < -0.4 is 4.72 Å². The van der Waals surface area contributed by atoms with E-state index in [0.29, 0.717) is 12.5 Å². The highest BCUT2D eigenvalue weighted by molar-refractivity contribution is 7.89. The molecule has 1 aliphatic heterocycles. The lowest BCUT2D eigenvalue weighted by Crippen LogP contribution is -2.38. The summed E-state index contributed by atoms with van der Waals surface area (Å²) in [5.74, 6) is 1.77. The molecule has 0 saturated carbocycles. The van der Waals surface area contributed by atoms with E-state index in [-0.39, 0.29) is 4.90 Å². The third-order valence-corrected chi connectivity index (χ3v) is 6.37. The second-order valence-corrected chi connectivity index (χ2v) is 8.73. The summed E-state index contributed by atoms with van der Waals surface area (Å²) >= 11 is 0. The molecule has 0 radical (unpaired) electrons. The van der Waals surface area contributed by atoms with Gasteiger partial charge in [-0.3, -0.25) is 4.90 Å².